The first-order valence-corrected chi connectivity index (χ1v) is 12.6. The van der Waals surface area contributed by atoms with Crippen LogP contribution in [0.2, 0.25) is 0 Å². The van der Waals surface area contributed by atoms with E-state index >= 15 is 0 Å². The number of amides is 1. The molecule has 2 aromatic carbocycles. The number of piperidine rings is 1. The van der Waals surface area contributed by atoms with E-state index in [4.69, 9.17) is 9.47 Å². The Morgan fingerprint density at radius 1 is 1.16 bits per heavy atom. The Labute approximate surface area is 217 Å². The number of ether oxygens (including phenoxy) is 2. The minimum absolute atomic E-state index is 0. The lowest BCUT2D eigenvalue weighted by Crippen LogP contribution is -2.59. The molecule has 0 aliphatic carbocycles. The highest BCUT2D eigenvalue weighted by atomic mass is 19.4. The molecule has 0 saturated carbocycles. The molecule has 2 aliphatic rings. The van der Waals surface area contributed by atoms with E-state index in [1.807, 2.05) is 37.3 Å². The number of carbonyl (C=O) groups is 1. The highest BCUT2D eigenvalue weighted by Crippen LogP contribution is 2.39. The standard InChI is InChI=1S/C28H35F3N2O4.H2/c1-20-15-22(9-10-23(20)36-19-26(2,3)35)25(34)33-13-11-27(12-14-33)17-32(18-28(29,30)31)16-24(37-27)21-7-5-4-6-8-21;/h4-10,15,24,35H,11-14,16-19H2,1-3H3;1H. The van der Waals surface area contributed by atoms with Crippen LogP contribution in [0, 0.1) is 6.92 Å². The third-order valence-electron chi connectivity index (χ3n) is 6.87. The Bertz CT molecular complexity index is 1080. The third-order valence-corrected chi connectivity index (χ3v) is 6.87. The van der Waals surface area contributed by atoms with E-state index in [1.54, 1.807) is 36.9 Å². The summed E-state index contributed by atoms with van der Waals surface area (Å²) in [5.41, 5.74) is 0.448. The van der Waals surface area contributed by atoms with E-state index in [-0.39, 0.29) is 27.0 Å². The Hall–Kier alpha value is -2.62. The summed E-state index contributed by atoms with van der Waals surface area (Å²) in [6.45, 7) is 5.46. The van der Waals surface area contributed by atoms with Crippen LogP contribution in [-0.4, -0.2) is 77.5 Å². The Morgan fingerprint density at radius 2 is 1.84 bits per heavy atom. The first kappa shape index (κ1) is 27.4. The number of likely N-dealkylation sites (tertiary alicyclic amines) is 1. The molecule has 0 bridgehead atoms. The summed E-state index contributed by atoms with van der Waals surface area (Å²) in [5, 5.41) is 9.89. The molecule has 37 heavy (non-hydrogen) atoms. The fourth-order valence-corrected chi connectivity index (χ4v) is 5.07. The largest absolute Gasteiger partial charge is 0.490 e. The molecule has 6 nitrogen and oxygen atoms in total. The van der Waals surface area contributed by atoms with Crippen LogP contribution < -0.4 is 4.74 Å². The van der Waals surface area contributed by atoms with Crippen LogP contribution >= 0.6 is 0 Å². The summed E-state index contributed by atoms with van der Waals surface area (Å²) in [6.07, 6.45) is -3.83. The van der Waals surface area contributed by atoms with E-state index in [9.17, 15) is 23.1 Å². The van der Waals surface area contributed by atoms with Crippen LogP contribution in [0.3, 0.4) is 0 Å². The number of halogens is 3. The molecule has 2 saturated heterocycles. The van der Waals surface area contributed by atoms with Crippen LogP contribution in [0.25, 0.3) is 0 Å². The molecule has 1 amide bonds. The molecule has 1 atom stereocenters. The maximum atomic E-state index is 13.3. The van der Waals surface area contributed by atoms with E-state index < -0.39 is 30.0 Å². The number of alkyl halides is 3. The third kappa shape index (κ3) is 7.24. The van der Waals surface area contributed by atoms with E-state index in [0.29, 0.717) is 37.2 Å². The molecule has 1 N–H and O–H groups in total. The van der Waals surface area contributed by atoms with Crippen LogP contribution in [0.1, 0.15) is 55.7 Å². The molecule has 1 spiro atoms. The number of morpholine rings is 1. The lowest BCUT2D eigenvalue weighted by atomic mass is 9.87. The molecular formula is C28H37F3N2O4. The molecule has 9 heteroatoms. The number of carbonyl (C=O) groups excluding carboxylic acids is 1. The predicted octanol–water partition coefficient (Wildman–Crippen LogP) is 5.00. The number of aryl methyl sites for hydroxylation is 1. The molecule has 2 heterocycles. The zero-order valence-electron chi connectivity index (χ0n) is 21.6. The number of benzene rings is 2. The number of aliphatic hydroxyl groups is 1. The highest BCUT2D eigenvalue weighted by molar-refractivity contribution is 5.94. The van der Waals surface area contributed by atoms with Gasteiger partial charge in [-0.05, 0) is 62.9 Å². The second-order valence-corrected chi connectivity index (χ2v) is 10.9. The smallest absolute Gasteiger partial charge is 0.401 e. The number of rotatable bonds is 6. The van der Waals surface area contributed by atoms with Crippen molar-refractivity contribution < 1.29 is 34.0 Å². The van der Waals surface area contributed by atoms with Gasteiger partial charge in [0.1, 0.15) is 12.4 Å². The van der Waals surface area contributed by atoms with Gasteiger partial charge in [0.2, 0.25) is 0 Å². The second-order valence-electron chi connectivity index (χ2n) is 10.9. The van der Waals surface area contributed by atoms with Gasteiger partial charge < -0.3 is 19.5 Å². The minimum Gasteiger partial charge on any atom is -0.490 e. The van der Waals surface area contributed by atoms with Gasteiger partial charge in [0.25, 0.3) is 5.91 Å². The van der Waals surface area contributed by atoms with Crippen molar-refractivity contribution in [2.45, 2.75) is 57.1 Å². The van der Waals surface area contributed by atoms with E-state index in [1.165, 1.54) is 4.90 Å². The summed E-state index contributed by atoms with van der Waals surface area (Å²) < 4.78 is 52.0. The zero-order chi connectivity index (χ0) is 26.8. The molecule has 2 fully saturated rings. The summed E-state index contributed by atoms with van der Waals surface area (Å²) in [5.74, 6) is 0.471. The normalized spacial score (nSPS) is 20.7. The average Bonchev–Trinajstić information content (AvgIpc) is 2.82. The molecular weight excluding hydrogens is 485 g/mol. The highest BCUT2D eigenvalue weighted by Gasteiger charge is 2.46. The van der Waals surface area contributed by atoms with Crippen molar-refractivity contribution in [2.24, 2.45) is 0 Å². The summed E-state index contributed by atoms with van der Waals surface area (Å²) >= 11 is 0. The van der Waals surface area contributed by atoms with Crippen molar-refractivity contribution in [2.75, 3.05) is 39.3 Å². The predicted molar refractivity (Wildman–Crippen MR) is 136 cm³/mol. The fraction of sp³-hybridized carbons (Fsp3) is 0.536. The topological polar surface area (TPSA) is 62.2 Å². The SMILES string of the molecule is Cc1cc(C(=O)N2CCC3(CC2)CN(CC(F)(F)F)CC(c2ccccc2)O3)ccc1OCC(C)(C)O.[HH]. The van der Waals surface area contributed by atoms with Crippen molar-refractivity contribution in [1.82, 2.24) is 9.80 Å². The van der Waals surface area contributed by atoms with Crippen LogP contribution in [0.15, 0.2) is 48.5 Å². The fourth-order valence-electron chi connectivity index (χ4n) is 5.07. The average molecular weight is 523 g/mol. The molecule has 1 unspecified atom stereocenters. The van der Waals surface area contributed by atoms with E-state index in [2.05, 4.69) is 0 Å². The van der Waals surface area contributed by atoms with Gasteiger partial charge in [-0.2, -0.15) is 13.2 Å². The maximum Gasteiger partial charge on any atom is 0.401 e. The Kier molecular flexibility index (Phi) is 7.88. The lowest BCUT2D eigenvalue weighted by Gasteiger charge is -2.50. The Morgan fingerprint density at radius 3 is 2.43 bits per heavy atom. The summed E-state index contributed by atoms with van der Waals surface area (Å²) in [6, 6.07) is 14.5. The van der Waals surface area contributed by atoms with Gasteiger partial charge in [-0.15, -0.1) is 0 Å². The van der Waals surface area contributed by atoms with Gasteiger partial charge in [-0.25, -0.2) is 0 Å². The minimum atomic E-state index is -4.29. The second kappa shape index (κ2) is 10.6. The van der Waals surface area contributed by atoms with Crippen LogP contribution in [-0.2, 0) is 4.74 Å². The maximum absolute atomic E-state index is 13.3. The van der Waals surface area contributed by atoms with Gasteiger partial charge in [0, 0.05) is 33.2 Å². The first-order valence-electron chi connectivity index (χ1n) is 12.6. The molecule has 4 rings (SSSR count). The van der Waals surface area contributed by atoms with Crippen LogP contribution in [0.5, 0.6) is 5.75 Å². The number of nitrogens with zero attached hydrogens (tertiary/aromatic N) is 2. The number of hydrogen-bond acceptors (Lipinski definition) is 5. The van der Waals surface area contributed by atoms with Crippen molar-refractivity contribution >= 4 is 5.91 Å². The van der Waals surface area contributed by atoms with Crippen molar-refractivity contribution in [3.05, 3.63) is 65.2 Å². The van der Waals surface area contributed by atoms with Crippen LogP contribution in [0.4, 0.5) is 13.2 Å². The molecule has 0 radical (unpaired) electrons. The van der Waals surface area contributed by atoms with Crippen molar-refractivity contribution in [1.29, 1.82) is 0 Å². The molecule has 204 valence electrons. The summed E-state index contributed by atoms with van der Waals surface area (Å²) in [4.78, 5) is 16.4. The number of hydrogen-bond donors (Lipinski definition) is 1. The summed E-state index contributed by atoms with van der Waals surface area (Å²) in [7, 11) is 0. The Balaban J connectivity index is 0.00000400. The molecule has 2 aromatic rings. The lowest BCUT2D eigenvalue weighted by molar-refractivity contribution is -0.205. The van der Waals surface area contributed by atoms with Gasteiger partial charge >= 0.3 is 6.18 Å². The monoisotopic (exact) mass is 522 g/mol. The first-order chi connectivity index (χ1) is 17.3. The molecule has 2 aliphatic heterocycles. The molecule has 0 aromatic heterocycles. The van der Waals surface area contributed by atoms with Gasteiger partial charge in [0.05, 0.1) is 23.9 Å². The van der Waals surface area contributed by atoms with Crippen molar-refractivity contribution in [3.8, 4) is 5.75 Å². The van der Waals surface area contributed by atoms with Gasteiger partial charge in [-0.3, -0.25) is 9.69 Å². The quantitative estimate of drug-likeness (QED) is 0.579. The van der Waals surface area contributed by atoms with E-state index in [0.717, 1.165) is 11.1 Å². The zero-order valence-corrected chi connectivity index (χ0v) is 21.6. The van der Waals surface area contributed by atoms with Gasteiger partial charge in [-0.1, -0.05) is 30.3 Å². The van der Waals surface area contributed by atoms with Crippen molar-refractivity contribution in [3.63, 3.8) is 0 Å². The van der Waals surface area contributed by atoms with Gasteiger partial charge in [0.15, 0.2) is 0 Å².